The van der Waals surface area contributed by atoms with Gasteiger partial charge in [0.1, 0.15) is 13.1 Å². The van der Waals surface area contributed by atoms with Gasteiger partial charge in [-0.05, 0) is 24.3 Å². The molecule has 2 N–H and O–H groups in total. The first-order valence-electron chi connectivity index (χ1n) is 10.7. The zero-order valence-electron chi connectivity index (χ0n) is 23.3. The van der Waals surface area contributed by atoms with Crippen LogP contribution in [0.5, 0.6) is 0 Å². The van der Waals surface area contributed by atoms with Gasteiger partial charge >= 0.3 is 51.2 Å². The molecular formula is C22H29Cl6LiN4O9S2. The first-order chi connectivity index (χ1) is 18.7. The fraction of sp³-hybridized carbons (Fsp3) is 0.364. The minimum Gasteiger partial charge on any atom is -0.870 e. The molecule has 2 aromatic carbocycles. The first-order valence-corrected chi connectivity index (χ1v) is 15.7. The van der Waals surface area contributed by atoms with E-state index in [1.807, 2.05) is 0 Å². The summed E-state index contributed by atoms with van der Waals surface area (Å²) in [6.07, 6.45) is 0. The number of rotatable bonds is 10. The van der Waals surface area contributed by atoms with E-state index >= 15 is 0 Å². The van der Waals surface area contributed by atoms with Crippen molar-refractivity contribution >= 4 is 113 Å². The van der Waals surface area contributed by atoms with Crippen molar-refractivity contribution in [2.24, 2.45) is 0 Å². The van der Waals surface area contributed by atoms with Crippen molar-refractivity contribution < 1.29 is 60.6 Å². The van der Waals surface area contributed by atoms with Gasteiger partial charge in [0.15, 0.2) is 0 Å². The molecule has 0 aliphatic rings. The number of likely N-dealkylation sites (N-methyl/N-ethyl adjacent to an activating group) is 2. The number of esters is 1. The van der Waals surface area contributed by atoms with Crippen LogP contribution in [-0.2, 0) is 34.7 Å². The van der Waals surface area contributed by atoms with E-state index < -0.39 is 45.4 Å². The second kappa shape index (κ2) is 19.7. The number of benzene rings is 2. The third kappa shape index (κ3) is 12.4. The minimum atomic E-state index is -4.07. The van der Waals surface area contributed by atoms with Crippen LogP contribution >= 0.6 is 69.6 Å². The Bertz CT molecular complexity index is 1480. The number of halogens is 6. The molecule has 0 spiro atoms. The summed E-state index contributed by atoms with van der Waals surface area (Å²) in [6, 6.07) is 5.42. The standard InChI is InChI=1S/C11H13Cl3N2O4S.C10H11Cl3N2O4S.CH4.Li.H2O/c1-15(6-10(17)20-3)21(18,19)16(2)11-8(13)4-7(12)5-9(11)14;1-14(5-9(16)17)20(18,19)15(2)10-7(12)3-6(11)4-8(10)13;;;/h4-5H,6H2,1-3H3;3-4H,5H2,1-2H3,(H,16,17);1H4;;1H2/q;;;+1;/p-1. The van der Waals surface area contributed by atoms with E-state index in [9.17, 15) is 26.4 Å². The molecule has 0 bridgehead atoms. The smallest absolute Gasteiger partial charge is 0.870 e. The summed E-state index contributed by atoms with van der Waals surface area (Å²) in [4.78, 5) is 21.8. The quantitative estimate of drug-likeness (QED) is 0.280. The molecule has 0 heterocycles. The maximum absolute atomic E-state index is 12.4. The predicted octanol–water partition coefficient (Wildman–Crippen LogP) is 2.24. The van der Waals surface area contributed by atoms with Gasteiger partial charge in [0.05, 0.1) is 38.6 Å². The number of carbonyl (C=O) groups excluding carboxylic acids is 1. The Morgan fingerprint density at radius 1 is 0.705 bits per heavy atom. The van der Waals surface area contributed by atoms with E-state index in [4.69, 9.17) is 74.7 Å². The zero-order valence-corrected chi connectivity index (χ0v) is 29.5. The fourth-order valence-corrected chi connectivity index (χ4v) is 7.49. The molecule has 0 aliphatic heterocycles. The summed E-state index contributed by atoms with van der Waals surface area (Å²) >= 11 is 35.4. The Morgan fingerprint density at radius 3 is 1.23 bits per heavy atom. The van der Waals surface area contributed by atoms with Crippen molar-refractivity contribution in [2.45, 2.75) is 7.43 Å². The van der Waals surface area contributed by atoms with Crippen LogP contribution in [-0.4, -0.2) is 96.4 Å². The van der Waals surface area contributed by atoms with Crippen LogP contribution in [0.25, 0.3) is 0 Å². The number of anilines is 2. The molecule has 0 aliphatic carbocycles. The third-order valence-electron chi connectivity index (χ3n) is 5.01. The number of hydrogen-bond donors (Lipinski definition) is 1. The maximum atomic E-state index is 12.4. The fourth-order valence-electron chi connectivity index (χ4n) is 2.92. The molecule has 0 aromatic heterocycles. The van der Waals surface area contributed by atoms with Gasteiger partial charge in [0.2, 0.25) is 0 Å². The molecule has 0 atom stereocenters. The molecule has 0 amide bonds. The SMILES string of the molecule is C.CN(CC(=O)O)S(=O)(=O)N(C)c1c(Cl)cc(Cl)cc1Cl.COC(=O)CN(C)S(=O)(=O)N(C)c1c(Cl)cc(Cl)cc1Cl.[Li+].[OH-]. The molecule has 44 heavy (non-hydrogen) atoms. The van der Waals surface area contributed by atoms with Crippen LogP contribution in [0.1, 0.15) is 7.43 Å². The summed E-state index contributed by atoms with van der Waals surface area (Å²) in [7, 11) is -2.05. The van der Waals surface area contributed by atoms with Crippen molar-refractivity contribution in [3.05, 3.63) is 54.4 Å². The molecule has 0 saturated carbocycles. The Balaban J connectivity index is -0.000000716. The van der Waals surface area contributed by atoms with E-state index in [-0.39, 0.29) is 73.3 Å². The molecule has 246 valence electrons. The predicted molar refractivity (Wildman–Crippen MR) is 171 cm³/mol. The summed E-state index contributed by atoms with van der Waals surface area (Å²) in [5.74, 6) is -1.97. The molecule has 0 unspecified atom stereocenters. The third-order valence-corrected chi connectivity index (χ3v) is 10.2. The van der Waals surface area contributed by atoms with Crippen LogP contribution in [0, 0.1) is 0 Å². The monoisotopic (exact) mass is 774 g/mol. The summed E-state index contributed by atoms with van der Waals surface area (Å²) < 4.78 is 56.7. The minimum absolute atomic E-state index is 0. The van der Waals surface area contributed by atoms with Gasteiger partial charge in [0.25, 0.3) is 0 Å². The number of aliphatic carboxylic acids is 1. The second-order valence-electron chi connectivity index (χ2n) is 7.87. The van der Waals surface area contributed by atoms with Gasteiger partial charge < -0.3 is 15.3 Å². The van der Waals surface area contributed by atoms with Crippen molar-refractivity contribution in [1.82, 2.24) is 8.61 Å². The Labute approximate surface area is 299 Å². The average molecular weight is 777 g/mol. The van der Waals surface area contributed by atoms with E-state index in [0.717, 1.165) is 20.0 Å². The molecule has 0 radical (unpaired) electrons. The van der Waals surface area contributed by atoms with E-state index in [0.29, 0.717) is 4.31 Å². The zero-order chi connectivity index (χ0) is 32.0. The normalized spacial score (nSPS) is 10.8. The number of carbonyl (C=O) groups is 2. The maximum Gasteiger partial charge on any atom is 1.00 e. The summed E-state index contributed by atoms with van der Waals surface area (Å²) in [6.45, 7) is -1.12. The van der Waals surface area contributed by atoms with E-state index in [1.54, 1.807) is 0 Å². The molecule has 0 fully saturated rings. The van der Waals surface area contributed by atoms with Crippen molar-refractivity contribution in [3.8, 4) is 0 Å². The van der Waals surface area contributed by atoms with Crippen LogP contribution in [0.2, 0.25) is 30.1 Å². The molecule has 13 nitrogen and oxygen atoms in total. The van der Waals surface area contributed by atoms with Crippen molar-refractivity contribution in [1.29, 1.82) is 0 Å². The second-order valence-corrected chi connectivity index (χ2v) is 14.5. The molecular weight excluding hydrogens is 748 g/mol. The van der Waals surface area contributed by atoms with Gasteiger partial charge in [-0.15, -0.1) is 0 Å². The van der Waals surface area contributed by atoms with Crippen molar-refractivity contribution in [2.75, 3.05) is 57.0 Å². The number of carboxylic acid groups (broad SMARTS) is 1. The van der Waals surface area contributed by atoms with Gasteiger partial charge in [-0.2, -0.15) is 25.4 Å². The number of hydrogen-bond acceptors (Lipinski definition) is 8. The Kier molecular flexibility index (Phi) is 21.3. The Hall–Kier alpha value is -0.903. The van der Waals surface area contributed by atoms with E-state index in [1.165, 1.54) is 52.5 Å². The van der Waals surface area contributed by atoms with Crippen LogP contribution in [0.15, 0.2) is 24.3 Å². The number of methoxy groups -OCH3 is 1. The van der Waals surface area contributed by atoms with Crippen LogP contribution < -0.4 is 27.5 Å². The van der Waals surface area contributed by atoms with Crippen LogP contribution in [0.4, 0.5) is 11.4 Å². The number of nitrogens with zero attached hydrogens (tertiary/aromatic N) is 4. The Morgan fingerprint density at radius 2 is 0.977 bits per heavy atom. The summed E-state index contributed by atoms with van der Waals surface area (Å²) in [5.41, 5.74) is 0.0921. The van der Waals surface area contributed by atoms with Gasteiger partial charge in [0, 0.05) is 38.2 Å². The van der Waals surface area contributed by atoms with E-state index in [2.05, 4.69) is 4.74 Å². The largest absolute Gasteiger partial charge is 1.00 e. The first kappa shape index (κ1) is 47.5. The van der Waals surface area contributed by atoms with Crippen molar-refractivity contribution in [3.63, 3.8) is 0 Å². The van der Waals surface area contributed by atoms with Gasteiger partial charge in [-0.1, -0.05) is 77.0 Å². The van der Waals surface area contributed by atoms with Gasteiger partial charge in [-0.25, -0.2) is 0 Å². The molecule has 2 aromatic rings. The number of ether oxygens (including phenoxy) is 1. The van der Waals surface area contributed by atoms with Crippen LogP contribution in [0.3, 0.4) is 0 Å². The molecule has 22 heteroatoms. The average Bonchev–Trinajstić information content (AvgIpc) is 2.82. The topological polar surface area (TPSA) is 175 Å². The molecule has 2 rings (SSSR count). The summed E-state index contributed by atoms with van der Waals surface area (Å²) in [5, 5.41) is 9.42. The van der Waals surface area contributed by atoms with Gasteiger partial charge in [-0.3, -0.25) is 18.2 Å². The molecule has 0 saturated heterocycles. The number of carboxylic acids is 1.